The van der Waals surface area contributed by atoms with E-state index in [2.05, 4.69) is 0 Å². The van der Waals surface area contributed by atoms with Crippen LogP contribution in [-0.4, -0.2) is 24.0 Å². The number of hydrogen-bond donors (Lipinski definition) is 0. The van der Waals surface area contributed by atoms with Crippen molar-refractivity contribution in [1.29, 1.82) is 0 Å². The smallest absolute Gasteiger partial charge is 0.298 e. The fourth-order valence-corrected chi connectivity index (χ4v) is 1.98. The van der Waals surface area contributed by atoms with Gasteiger partial charge in [-0.2, -0.15) is 24.9 Å². The van der Waals surface area contributed by atoms with Crippen molar-refractivity contribution in [3.05, 3.63) is 0 Å². The molecule has 1 unspecified atom stereocenters. The molecule has 5 heteroatoms. The topological polar surface area (TPSA) is 17.1 Å². The molecule has 0 radical (unpaired) electrons. The van der Waals surface area contributed by atoms with Crippen molar-refractivity contribution in [2.24, 2.45) is 0 Å². The van der Waals surface area contributed by atoms with Crippen LogP contribution in [0.25, 0.3) is 0 Å². The Kier molecular flexibility index (Phi) is 7.13. The van der Waals surface area contributed by atoms with Gasteiger partial charge in [0.25, 0.3) is 0 Å². The average Bonchev–Trinajstić information content (AvgIpc) is 2.04. The summed E-state index contributed by atoms with van der Waals surface area (Å²) in [5.74, 6) is 0.466. The molecule has 0 spiro atoms. The van der Waals surface area contributed by atoms with Crippen LogP contribution in [-0.2, 0) is 4.79 Å². The number of rotatable bonds is 1. The van der Waals surface area contributed by atoms with Gasteiger partial charge in [0, 0.05) is 6.42 Å². The Balaban J connectivity index is 0.000000310. The second-order valence-electron chi connectivity index (χ2n) is 2.68. The summed E-state index contributed by atoms with van der Waals surface area (Å²) in [4.78, 5) is 11.0. The predicted octanol–water partition coefficient (Wildman–Crippen LogP) is 3.04. The molecular weight excluding hydrogens is 201 g/mol. The lowest BCUT2D eigenvalue weighted by Crippen LogP contribution is -2.20. The average molecular weight is 214 g/mol. The highest BCUT2D eigenvalue weighted by atomic mass is 32.2. The SMILES string of the molecule is CSC1CCCCC1=O.FC(F)F. The first kappa shape index (κ1) is 12.8. The normalized spacial score (nSPS) is 22.5. The van der Waals surface area contributed by atoms with Gasteiger partial charge in [0.05, 0.1) is 5.25 Å². The molecule has 0 heterocycles. The van der Waals surface area contributed by atoms with Gasteiger partial charge in [-0.1, -0.05) is 6.42 Å². The van der Waals surface area contributed by atoms with Crippen LogP contribution in [0.3, 0.4) is 0 Å². The largest absolute Gasteiger partial charge is 0.379 e. The van der Waals surface area contributed by atoms with E-state index >= 15 is 0 Å². The summed E-state index contributed by atoms with van der Waals surface area (Å²) in [7, 11) is 0. The predicted molar refractivity (Wildman–Crippen MR) is 47.9 cm³/mol. The second-order valence-corrected chi connectivity index (χ2v) is 3.72. The highest BCUT2D eigenvalue weighted by Crippen LogP contribution is 2.23. The van der Waals surface area contributed by atoms with Crippen molar-refractivity contribution in [2.45, 2.75) is 37.6 Å². The van der Waals surface area contributed by atoms with Crippen molar-refractivity contribution in [3.8, 4) is 0 Å². The molecule has 0 aromatic carbocycles. The van der Waals surface area contributed by atoms with Crippen molar-refractivity contribution in [2.75, 3.05) is 6.26 Å². The molecular formula is C8H13F3OS. The molecule has 78 valence electrons. The zero-order valence-corrected chi connectivity index (χ0v) is 8.25. The van der Waals surface area contributed by atoms with Crippen molar-refractivity contribution >= 4 is 17.5 Å². The van der Waals surface area contributed by atoms with Crippen LogP contribution in [0.5, 0.6) is 0 Å². The van der Waals surface area contributed by atoms with E-state index in [4.69, 9.17) is 0 Å². The van der Waals surface area contributed by atoms with E-state index in [0.717, 1.165) is 19.3 Å². The maximum atomic E-state index is 11.0. The summed E-state index contributed by atoms with van der Waals surface area (Å²) >= 11 is 1.70. The van der Waals surface area contributed by atoms with Crippen molar-refractivity contribution in [3.63, 3.8) is 0 Å². The fourth-order valence-electron chi connectivity index (χ4n) is 1.20. The Labute approximate surface area is 80.1 Å². The van der Waals surface area contributed by atoms with Gasteiger partial charge in [0.2, 0.25) is 0 Å². The molecule has 0 amide bonds. The summed E-state index contributed by atoms with van der Waals surface area (Å²) in [6.45, 7) is -3.67. The van der Waals surface area contributed by atoms with E-state index in [0.29, 0.717) is 11.0 Å². The molecule has 0 bridgehead atoms. The van der Waals surface area contributed by atoms with E-state index in [1.54, 1.807) is 11.8 Å². The van der Waals surface area contributed by atoms with Gasteiger partial charge in [-0.25, -0.2) is 0 Å². The van der Waals surface area contributed by atoms with Crippen LogP contribution in [0, 0.1) is 0 Å². The molecule has 1 rings (SSSR count). The number of halogens is 3. The Morgan fingerprint density at radius 2 is 1.92 bits per heavy atom. The van der Waals surface area contributed by atoms with Crippen LogP contribution < -0.4 is 0 Å². The molecule has 13 heavy (non-hydrogen) atoms. The van der Waals surface area contributed by atoms with Crippen LogP contribution in [0.4, 0.5) is 13.2 Å². The molecule has 1 aliphatic carbocycles. The monoisotopic (exact) mass is 214 g/mol. The number of ketones is 1. The number of hydrogen-bond acceptors (Lipinski definition) is 2. The maximum absolute atomic E-state index is 11.0. The van der Waals surface area contributed by atoms with Crippen molar-refractivity contribution in [1.82, 2.24) is 0 Å². The van der Waals surface area contributed by atoms with Gasteiger partial charge in [0.1, 0.15) is 5.78 Å². The second kappa shape index (κ2) is 7.24. The molecule has 1 fully saturated rings. The summed E-state index contributed by atoms with van der Waals surface area (Å²) in [5, 5.41) is 0.332. The number of carbonyl (C=O) groups excluding carboxylic acids is 1. The summed E-state index contributed by atoms with van der Waals surface area (Å²) in [5.41, 5.74) is 0. The van der Waals surface area contributed by atoms with E-state index in [1.807, 2.05) is 6.26 Å². The third-order valence-electron chi connectivity index (χ3n) is 1.78. The molecule has 0 N–H and O–H groups in total. The number of thioether (sulfide) groups is 1. The highest BCUT2D eigenvalue weighted by Gasteiger charge is 2.20. The molecule has 0 aromatic heterocycles. The van der Waals surface area contributed by atoms with E-state index < -0.39 is 6.68 Å². The van der Waals surface area contributed by atoms with E-state index in [-0.39, 0.29) is 0 Å². The molecule has 1 atom stereocenters. The van der Waals surface area contributed by atoms with Gasteiger partial charge in [-0.15, -0.1) is 0 Å². The molecule has 0 aliphatic heterocycles. The zero-order valence-electron chi connectivity index (χ0n) is 7.43. The first-order valence-electron chi connectivity index (χ1n) is 4.05. The first-order valence-corrected chi connectivity index (χ1v) is 5.34. The van der Waals surface area contributed by atoms with Gasteiger partial charge in [-0.3, -0.25) is 4.79 Å². The Morgan fingerprint density at radius 1 is 1.38 bits per heavy atom. The summed E-state index contributed by atoms with van der Waals surface area (Å²) in [6.07, 6.45) is 6.33. The lowest BCUT2D eigenvalue weighted by atomic mass is 9.99. The fraction of sp³-hybridized carbons (Fsp3) is 0.875. The molecule has 1 aliphatic rings. The summed E-state index contributed by atoms with van der Waals surface area (Å²) in [6, 6.07) is 0. The first-order chi connectivity index (χ1) is 6.07. The maximum Gasteiger partial charge on any atom is 0.379 e. The lowest BCUT2D eigenvalue weighted by molar-refractivity contribution is -0.119. The number of Topliss-reactive ketones (excluding diaryl/α,β-unsaturated/α-hetero) is 1. The van der Waals surface area contributed by atoms with E-state index in [1.165, 1.54) is 6.42 Å². The van der Waals surface area contributed by atoms with Crippen molar-refractivity contribution < 1.29 is 18.0 Å². The van der Waals surface area contributed by atoms with Crippen LogP contribution in [0.1, 0.15) is 25.7 Å². The van der Waals surface area contributed by atoms with Gasteiger partial charge in [0.15, 0.2) is 0 Å². The standard InChI is InChI=1S/C7H12OS.CHF3/c1-9-7-5-3-2-4-6(7)8;2-1(3)4/h7H,2-5H2,1H3;1H. The quantitative estimate of drug-likeness (QED) is 0.667. The minimum absolute atomic E-state index is 0.332. The lowest BCUT2D eigenvalue weighted by Gasteiger charge is -2.17. The van der Waals surface area contributed by atoms with Gasteiger partial charge >= 0.3 is 6.68 Å². The molecule has 0 aromatic rings. The molecule has 0 saturated heterocycles. The minimum Gasteiger partial charge on any atom is -0.298 e. The van der Waals surface area contributed by atoms with E-state index in [9.17, 15) is 18.0 Å². The van der Waals surface area contributed by atoms with Crippen LogP contribution in [0.15, 0.2) is 0 Å². The number of carbonyl (C=O) groups is 1. The minimum atomic E-state index is -3.67. The Bertz CT molecular complexity index is 150. The summed E-state index contributed by atoms with van der Waals surface area (Å²) < 4.78 is 29.0. The Hall–Kier alpha value is -0.190. The molecule has 1 nitrogen and oxygen atoms in total. The Morgan fingerprint density at radius 3 is 2.23 bits per heavy atom. The molecule has 1 saturated carbocycles. The third kappa shape index (κ3) is 6.93. The highest BCUT2D eigenvalue weighted by molar-refractivity contribution is 7.99. The van der Waals surface area contributed by atoms with Gasteiger partial charge in [-0.05, 0) is 19.1 Å². The third-order valence-corrected chi connectivity index (χ3v) is 2.85. The van der Waals surface area contributed by atoms with Gasteiger partial charge < -0.3 is 0 Å². The van der Waals surface area contributed by atoms with Crippen LogP contribution in [0.2, 0.25) is 0 Å². The van der Waals surface area contributed by atoms with Crippen LogP contribution >= 0.6 is 11.8 Å². The zero-order chi connectivity index (χ0) is 10.3. The number of alkyl halides is 3.